The zero-order valence-corrected chi connectivity index (χ0v) is 14.9. The van der Waals surface area contributed by atoms with Crippen molar-refractivity contribution in [2.24, 2.45) is 0 Å². The Hall–Kier alpha value is -2.40. The molecule has 0 aliphatic heterocycles. The molecule has 5 heteroatoms. The first kappa shape index (κ1) is 17.9. The van der Waals surface area contributed by atoms with Crippen LogP contribution in [0.2, 0.25) is 0 Å². The van der Waals surface area contributed by atoms with Crippen molar-refractivity contribution in [1.82, 2.24) is 5.32 Å². The molecule has 0 aliphatic rings. The molecule has 2 N–H and O–H groups in total. The topological polar surface area (TPSA) is 50.4 Å². The first-order chi connectivity index (χ1) is 11.5. The average molecular weight is 342 g/mol. The van der Waals surface area contributed by atoms with Crippen molar-refractivity contribution in [3.8, 4) is 5.75 Å². The number of ketones is 1. The van der Waals surface area contributed by atoms with Crippen molar-refractivity contribution in [3.05, 3.63) is 59.7 Å². The minimum Gasteiger partial charge on any atom is -0.494 e. The molecular formula is C19H22N2O2S. The predicted molar refractivity (Wildman–Crippen MR) is 102 cm³/mol. The molecule has 1 atom stereocenters. The van der Waals surface area contributed by atoms with Gasteiger partial charge in [-0.3, -0.25) is 4.79 Å². The first-order valence-corrected chi connectivity index (χ1v) is 8.31. The highest BCUT2D eigenvalue weighted by Crippen LogP contribution is 2.18. The Bertz CT molecular complexity index is 714. The molecule has 0 spiro atoms. The van der Waals surface area contributed by atoms with Crippen molar-refractivity contribution in [3.63, 3.8) is 0 Å². The van der Waals surface area contributed by atoms with Gasteiger partial charge in [0.15, 0.2) is 10.9 Å². The smallest absolute Gasteiger partial charge is 0.171 e. The maximum absolute atomic E-state index is 11.4. The van der Waals surface area contributed by atoms with Crippen LogP contribution < -0.4 is 15.4 Å². The van der Waals surface area contributed by atoms with E-state index in [1.54, 1.807) is 19.1 Å². The number of anilines is 1. The van der Waals surface area contributed by atoms with E-state index in [0.29, 0.717) is 17.3 Å². The minimum absolute atomic E-state index is 0.0280. The molecule has 0 bridgehead atoms. The van der Waals surface area contributed by atoms with Crippen LogP contribution in [0.25, 0.3) is 0 Å². The largest absolute Gasteiger partial charge is 0.494 e. The Morgan fingerprint density at radius 3 is 2.54 bits per heavy atom. The molecule has 0 amide bonds. The van der Waals surface area contributed by atoms with Gasteiger partial charge in [-0.25, -0.2) is 0 Å². The standard InChI is InChI=1S/C19H22N2O2S/c1-4-23-18-10-8-15(9-11-18)13(2)20-19(24)21-17-7-5-6-16(12-17)14(3)22/h5-13H,4H2,1-3H3,(H2,20,21,24)/t13-/m0/s1. The van der Waals surface area contributed by atoms with Crippen LogP contribution in [0, 0.1) is 0 Å². The van der Waals surface area contributed by atoms with Crippen LogP contribution in [0.15, 0.2) is 48.5 Å². The summed E-state index contributed by atoms with van der Waals surface area (Å²) < 4.78 is 5.45. The van der Waals surface area contributed by atoms with Gasteiger partial charge in [-0.2, -0.15) is 0 Å². The molecule has 2 aromatic carbocycles. The summed E-state index contributed by atoms with van der Waals surface area (Å²) in [6.45, 7) is 6.20. The van der Waals surface area contributed by atoms with Crippen molar-refractivity contribution in [2.75, 3.05) is 11.9 Å². The molecule has 0 aliphatic carbocycles. The molecule has 0 saturated heterocycles. The fourth-order valence-electron chi connectivity index (χ4n) is 2.28. The lowest BCUT2D eigenvalue weighted by atomic mass is 10.1. The molecule has 0 radical (unpaired) electrons. The second-order valence-corrected chi connectivity index (χ2v) is 5.87. The molecule has 0 unspecified atom stereocenters. The summed E-state index contributed by atoms with van der Waals surface area (Å²) in [4.78, 5) is 11.4. The van der Waals surface area contributed by atoms with Crippen LogP contribution in [-0.2, 0) is 0 Å². The van der Waals surface area contributed by atoms with Crippen LogP contribution in [0.3, 0.4) is 0 Å². The third-order valence-corrected chi connectivity index (χ3v) is 3.79. The van der Waals surface area contributed by atoms with Crippen LogP contribution >= 0.6 is 12.2 Å². The van der Waals surface area contributed by atoms with Crippen LogP contribution in [0.5, 0.6) is 5.75 Å². The van der Waals surface area contributed by atoms with Gasteiger partial charge in [-0.15, -0.1) is 0 Å². The van der Waals surface area contributed by atoms with Gasteiger partial charge in [-0.1, -0.05) is 24.3 Å². The normalized spacial score (nSPS) is 11.5. The van der Waals surface area contributed by atoms with Gasteiger partial charge in [0.2, 0.25) is 0 Å². The number of hydrogen-bond acceptors (Lipinski definition) is 3. The Morgan fingerprint density at radius 2 is 1.92 bits per heavy atom. The summed E-state index contributed by atoms with van der Waals surface area (Å²) in [7, 11) is 0. The Labute approximate surface area is 148 Å². The van der Waals surface area contributed by atoms with Gasteiger partial charge in [0.1, 0.15) is 5.75 Å². The van der Waals surface area contributed by atoms with E-state index < -0.39 is 0 Å². The van der Waals surface area contributed by atoms with E-state index in [0.717, 1.165) is 17.0 Å². The van der Waals surface area contributed by atoms with Crippen molar-refractivity contribution < 1.29 is 9.53 Å². The summed E-state index contributed by atoms with van der Waals surface area (Å²) >= 11 is 5.36. The second-order valence-electron chi connectivity index (χ2n) is 5.46. The summed E-state index contributed by atoms with van der Waals surface area (Å²) in [5.41, 5.74) is 2.56. The number of nitrogens with one attached hydrogen (secondary N) is 2. The molecule has 4 nitrogen and oxygen atoms in total. The fraction of sp³-hybridized carbons (Fsp3) is 0.263. The van der Waals surface area contributed by atoms with E-state index in [9.17, 15) is 4.79 Å². The van der Waals surface area contributed by atoms with E-state index >= 15 is 0 Å². The predicted octanol–water partition coefficient (Wildman–Crippen LogP) is 4.34. The number of carbonyl (C=O) groups excluding carboxylic acids is 1. The molecule has 0 fully saturated rings. The number of benzene rings is 2. The number of thiocarbonyl (C=S) groups is 1. The Morgan fingerprint density at radius 1 is 1.21 bits per heavy atom. The lowest BCUT2D eigenvalue weighted by Crippen LogP contribution is -2.30. The van der Waals surface area contributed by atoms with Gasteiger partial charge in [0, 0.05) is 11.3 Å². The summed E-state index contributed by atoms with van der Waals surface area (Å²) in [5.74, 6) is 0.885. The average Bonchev–Trinajstić information content (AvgIpc) is 2.55. The Kier molecular flexibility index (Phi) is 6.32. The van der Waals surface area contributed by atoms with Crippen LogP contribution in [0.1, 0.15) is 42.7 Å². The van der Waals surface area contributed by atoms with E-state index in [2.05, 4.69) is 10.6 Å². The van der Waals surface area contributed by atoms with Gasteiger partial charge < -0.3 is 15.4 Å². The number of Topliss-reactive ketones (excluding diaryl/α,β-unsaturated/α-hetero) is 1. The zero-order chi connectivity index (χ0) is 17.5. The van der Waals surface area contributed by atoms with Crippen LogP contribution in [-0.4, -0.2) is 17.5 Å². The lowest BCUT2D eigenvalue weighted by Gasteiger charge is -2.18. The maximum Gasteiger partial charge on any atom is 0.171 e. The molecule has 0 saturated carbocycles. The molecule has 0 heterocycles. The quantitative estimate of drug-likeness (QED) is 0.604. The molecule has 126 valence electrons. The highest BCUT2D eigenvalue weighted by atomic mass is 32.1. The Balaban J connectivity index is 1.96. The molecule has 2 aromatic rings. The van der Waals surface area contributed by atoms with Gasteiger partial charge in [0.25, 0.3) is 0 Å². The SMILES string of the molecule is CCOc1ccc([C@H](C)NC(=S)Nc2cccc(C(C)=O)c2)cc1. The third kappa shape index (κ3) is 5.06. The van der Waals surface area contributed by atoms with Gasteiger partial charge in [0.05, 0.1) is 12.6 Å². The number of ether oxygens (including phenoxy) is 1. The second kappa shape index (κ2) is 8.45. The lowest BCUT2D eigenvalue weighted by molar-refractivity contribution is 0.101. The maximum atomic E-state index is 11.4. The highest BCUT2D eigenvalue weighted by molar-refractivity contribution is 7.80. The van der Waals surface area contributed by atoms with Crippen molar-refractivity contribution in [1.29, 1.82) is 0 Å². The highest BCUT2D eigenvalue weighted by Gasteiger charge is 2.08. The summed E-state index contributed by atoms with van der Waals surface area (Å²) in [5, 5.41) is 6.86. The van der Waals surface area contributed by atoms with E-state index in [4.69, 9.17) is 17.0 Å². The van der Waals surface area contributed by atoms with E-state index in [1.165, 1.54) is 0 Å². The minimum atomic E-state index is 0.0280. The molecule has 24 heavy (non-hydrogen) atoms. The number of rotatable bonds is 6. The van der Waals surface area contributed by atoms with Crippen molar-refractivity contribution in [2.45, 2.75) is 26.8 Å². The van der Waals surface area contributed by atoms with E-state index in [1.807, 2.05) is 50.2 Å². The molecule has 0 aromatic heterocycles. The monoisotopic (exact) mass is 342 g/mol. The number of carbonyl (C=O) groups is 1. The summed E-state index contributed by atoms with van der Waals surface area (Å²) in [6.07, 6.45) is 0. The van der Waals surface area contributed by atoms with Crippen LogP contribution in [0.4, 0.5) is 5.69 Å². The fourth-order valence-corrected chi connectivity index (χ4v) is 2.58. The van der Waals surface area contributed by atoms with E-state index in [-0.39, 0.29) is 11.8 Å². The number of hydrogen-bond donors (Lipinski definition) is 2. The summed E-state index contributed by atoms with van der Waals surface area (Å²) in [6, 6.07) is 15.3. The van der Waals surface area contributed by atoms with Gasteiger partial charge >= 0.3 is 0 Å². The molecular weight excluding hydrogens is 320 g/mol. The first-order valence-electron chi connectivity index (χ1n) is 7.91. The van der Waals surface area contributed by atoms with Gasteiger partial charge in [-0.05, 0) is 62.8 Å². The third-order valence-electron chi connectivity index (χ3n) is 3.57. The molecule has 2 rings (SSSR count). The van der Waals surface area contributed by atoms with Crippen molar-refractivity contribution >= 4 is 28.8 Å². The zero-order valence-electron chi connectivity index (χ0n) is 14.1.